The van der Waals surface area contributed by atoms with Crippen molar-refractivity contribution >= 4 is 11.6 Å². The number of rotatable bonds is 5. The van der Waals surface area contributed by atoms with Crippen molar-refractivity contribution in [3.8, 4) is 5.75 Å². The van der Waals surface area contributed by atoms with Crippen LogP contribution in [0.15, 0.2) is 29.3 Å². The summed E-state index contributed by atoms with van der Waals surface area (Å²) in [5, 5.41) is 0. The topological polar surface area (TPSA) is 73.6 Å². The zero-order chi connectivity index (χ0) is 11.1. The third-order valence-corrected chi connectivity index (χ3v) is 1.87. The zero-order valence-electron chi connectivity index (χ0n) is 8.94. The summed E-state index contributed by atoms with van der Waals surface area (Å²) in [5.41, 5.74) is 11.3. The fraction of sp³-hybridized carbons (Fsp3) is 0.364. The molecule has 1 aromatic rings. The molecular formula is C11H17N3O. The van der Waals surface area contributed by atoms with Crippen molar-refractivity contribution in [2.75, 3.05) is 6.61 Å². The fourth-order valence-corrected chi connectivity index (χ4v) is 1.14. The van der Waals surface area contributed by atoms with Crippen LogP contribution in [0.5, 0.6) is 5.75 Å². The van der Waals surface area contributed by atoms with Crippen LogP contribution >= 0.6 is 0 Å². The third kappa shape index (κ3) is 3.89. The minimum Gasteiger partial charge on any atom is -0.491 e. The van der Waals surface area contributed by atoms with Crippen LogP contribution in [0.2, 0.25) is 0 Å². The second-order valence-electron chi connectivity index (χ2n) is 3.21. The molecule has 0 radical (unpaired) electrons. The van der Waals surface area contributed by atoms with Crippen LogP contribution in [0.4, 0.5) is 5.69 Å². The van der Waals surface area contributed by atoms with E-state index >= 15 is 0 Å². The van der Waals surface area contributed by atoms with E-state index in [1.54, 1.807) is 0 Å². The Kier molecular flexibility index (Phi) is 4.47. The number of unbranched alkanes of at least 4 members (excludes halogenated alkanes) is 1. The molecule has 82 valence electrons. The highest BCUT2D eigenvalue weighted by Gasteiger charge is 2.00. The molecule has 0 unspecified atom stereocenters. The molecule has 0 atom stereocenters. The molecule has 0 spiro atoms. The van der Waals surface area contributed by atoms with Crippen LogP contribution in [-0.2, 0) is 0 Å². The highest BCUT2D eigenvalue weighted by molar-refractivity contribution is 5.80. The van der Waals surface area contributed by atoms with Crippen LogP contribution in [-0.4, -0.2) is 12.6 Å². The van der Waals surface area contributed by atoms with Crippen molar-refractivity contribution < 1.29 is 4.74 Å². The van der Waals surface area contributed by atoms with Gasteiger partial charge >= 0.3 is 0 Å². The molecular weight excluding hydrogens is 190 g/mol. The Hall–Kier alpha value is -1.71. The number of nitrogens with zero attached hydrogens (tertiary/aromatic N) is 1. The average molecular weight is 207 g/mol. The van der Waals surface area contributed by atoms with Gasteiger partial charge in [-0.1, -0.05) is 25.5 Å². The molecule has 1 rings (SSSR count). The normalized spacial score (nSPS) is 9.67. The highest BCUT2D eigenvalue weighted by atomic mass is 16.5. The van der Waals surface area contributed by atoms with Gasteiger partial charge in [0, 0.05) is 0 Å². The quantitative estimate of drug-likeness (QED) is 0.439. The lowest BCUT2D eigenvalue weighted by Crippen LogP contribution is -2.22. The second-order valence-corrected chi connectivity index (χ2v) is 3.21. The first-order chi connectivity index (χ1) is 7.24. The highest BCUT2D eigenvalue weighted by Crippen LogP contribution is 2.26. The summed E-state index contributed by atoms with van der Waals surface area (Å²) in [5.74, 6) is 0.765. The Bertz CT molecular complexity index is 332. The minimum absolute atomic E-state index is 0.0431. The van der Waals surface area contributed by atoms with Crippen LogP contribution in [0, 0.1) is 0 Å². The van der Waals surface area contributed by atoms with Crippen molar-refractivity contribution in [3.05, 3.63) is 24.3 Å². The molecule has 4 N–H and O–H groups in total. The van der Waals surface area contributed by atoms with Crippen molar-refractivity contribution in [2.45, 2.75) is 19.8 Å². The first kappa shape index (κ1) is 11.4. The summed E-state index contributed by atoms with van der Waals surface area (Å²) in [7, 11) is 0. The van der Waals surface area contributed by atoms with E-state index in [1.165, 1.54) is 0 Å². The minimum atomic E-state index is 0.0431. The monoisotopic (exact) mass is 207 g/mol. The van der Waals surface area contributed by atoms with Gasteiger partial charge in [-0.2, -0.15) is 0 Å². The van der Waals surface area contributed by atoms with Crippen molar-refractivity contribution in [1.82, 2.24) is 0 Å². The van der Waals surface area contributed by atoms with Crippen molar-refractivity contribution in [3.63, 3.8) is 0 Å². The Morgan fingerprint density at radius 1 is 1.33 bits per heavy atom. The Balaban J connectivity index is 2.73. The van der Waals surface area contributed by atoms with Crippen molar-refractivity contribution in [2.24, 2.45) is 16.5 Å². The number of benzene rings is 1. The van der Waals surface area contributed by atoms with E-state index in [1.807, 2.05) is 24.3 Å². The van der Waals surface area contributed by atoms with Gasteiger partial charge in [0.15, 0.2) is 5.96 Å². The molecule has 0 fully saturated rings. The summed E-state index contributed by atoms with van der Waals surface area (Å²) in [4.78, 5) is 3.99. The molecule has 0 aliphatic rings. The van der Waals surface area contributed by atoms with Gasteiger partial charge < -0.3 is 16.2 Å². The Morgan fingerprint density at radius 3 is 2.73 bits per heavy atom. The Labute approximate surface area is 89.9 Å². The first-order valence-electron chi connectivity index (χ1n) is 5.05. The molecule has 0 saturated carbocycles. The van der Waals surface area contributed by atoms with E-state index in [0.717, 1.165) is 18.6 Å². The van der Waals surface area contributed by atoms with Gasteiger partial charge in [-0.05, 0) is 18.6 Å². The van der Waals surface area contributed by atoms with Gasteiger partial charge in [0.1, 0.15) is 11.4 Å². The molecule has 4 nitrogen and oxygen atoms in total. The molecule has 15 heavy (non-hydrogen) atoms. The summed E-state index contributed by atoms with van der Waals surface area (Å²) < 4.78 is 5.56. The van der Waals surface area contributed by atoms with Crippen LogP contribution in [0.3, 0.4) is 0 Å². The summed E-state index contributed by atoms with van der Waals surface area (Å²) in [6, 6.07) is 7.44. The van der Waals surface area contributed by atoms with E-state index in [-0.39, 0.29) is 5.96 Å². The molecule has 4 heteroatoms. The predicted octanol–water partition coefficient (Wildman–Crippen LogP) is 1.77. The number of nitrogens with two attached hydrogens (primary N) is 2. The lowest BCUT2D eigenvalue weighted by atomic mass is 10.3. The molecule has 0 aliphatic heterocycles. The second kappa shape index (κ2) is 5.90. The van der Waals surface area contributed by atoms with Crippen LogP contribution in [0.1, 0.15) is 19.8 Å². The number of aliphatic imine (C=N–C) groups is 1. The molecule has 0 amide bonds. The number of hydrogen-bond acceptors (Lipinski definition) is 2. The van der Waals surface area contributed by atoms with Crippen LogP contribution < -0.4 is 16.2 Å². The number of ether oxygens (including phenoxy) is 1. The molecule has 0 bridgehead atoms. The maximum Gasteiger partial charge on any atom is 0.191 e. The van der Waals surface area contributed by atoms with E-state index in [2.05, 4.69) is 11.9 Å². The van der Waals surface area contributed by atoms with Crippen molar-refractivity contribution in [1.29, 1.82) is 0 Å². The largest absolute Gasteiger partial charge is 0.491 e. The maximum atomic E-state index is 5.56. The lowest BCUT2D eigenvalue weighted by Gasteiger charge is -2.07. The third-order valence-electron chi connectivity index (χ3n) is 1.87. The number of hydrogen-bond donors (Lipinski definition) is 2. The Morgan fingerprint density at radius 2 is 2.07 bits per heavy atom. The summed E-state index contributed by atoms with van der Waals surface area (Å²) in [6.07, 6.45) is 2.13. The number of para-hydroxylation sites is 2. The standard InChI is InChI=1S/C11H17N3O/c1-2-3-8-15-10-7-5-4-6-9(10)14-11(12)13/h4-7H,2-3,8H2,1H3,(H4,12,13,14). The fourth-order valence-electron chi connectivity index (χ4n) is 1.14. The predicted molar refractivity (Wildman–Crippen MR) is 62.3 cm³/mol. The van der Waals surface area contributed by atoms with E-state index in [0.29, 0.717) is 12.3 Å². The molecule has 0 heterocycles. The maximum absolute atomic E-state index is 5.56. The SMILES string of the molecule is CCCCOc1ccccc1N=C(N)N. The van der Waals surface area contributed by atoms with Gasteiger partial charge in [-0.3, -0.25) is 0 Å². The molecule has 1 aromatic carbocycles. The van der Waals surface area contributed by atoms with E-state index in [4.69, 9.17) is 16.2 Å². The molecule has 0 aromatic heterocycles. The molecule has 0 aliphatic carbocycles. The zero-order valence-corrected chi connectivity index (χ0v) is 8.94. The summed E-state index contributed by atoms with van der Waals surface area (Å²) >= 11 is 0. The van der Waals surface area contributed by atoms with Crippen LogP contribution in [0.25, 0.3) is 0 Å². The molecule has 0 saturated heterocycles. The summed E-state index contributed by atoms with van der Waals surface area (Å²) in [6.45, 7) is 2.80. The van der Waals surface area contributed by atoms with Gasteiger partial charge in [0.2, 0.25) is 0 Å². The van der Waals surface area contributed by atoms with Gasteiger partial charge in [0.05, 0.1) is 6.61 Å². The van der Waals surface area contributed by atoms with E-state index < -0.39 is 0 Å². The number of guanidine groups is 1. The average Bonchev–Trinajstić information content (AvgIpc) is 2.20. The first-order valence-corrected chi connectivity index (χ1v) is 5.05. The lowest BCUT2D eigenvalue weighted by molar-refractivity contribution is 0.310. The smallest absolute Gasteiger partial charge is 0.191 e. The van der Waals surface area contributed by atoms with E-state index in [9.17, 15) is 0 Å². The van der Waals surface area contributed by atoms with Gasteiger partial charge in [0.25, 0.3) is 0 Å². The van der Waals surface area contributed by atoms with Gasteiger partial charge in [-0.15, -0.1) is 0 Å². The van der Waals surface area contributed by atoms with Gasteiger partial charge in [-0.25, -0.2) is 4.99 Å².